The minimum Gasteiger partial charge on any atom is -0.372 e. The summed E-state index contributed by atoms with van der Waals surface area (Å²) < 4.78 is 5.70. The van der Waals surface area contributed by atoms with Gasteiger partial charge < -0.3 is 20.3 Å². The van der Waals surface area contributed by atoms with Gasteiger partial charge in [0.15, 0.2) is 0 Å². The average molecular weight is 437 g/mol. The molecule has 4 rings (SSSR count). The van der Waals surface area contributed by atoms with Crippen LogP contribution in [0.1, 0.15) is 40.1 Å². The van der Waals surface area contributed by atoms with Gasteiger partial charge in [-0.2, -0.15) is 0 Å². The zero-order valence-corrected chi connectivity index (χ0v) is 18.3. The van der Waals surface area contributed by atoms with Crippen LogP contribution in [0, 0.1) is 0 Å². The predicted octanol–water partition coefficient (Wildman–Crippen LogP) is 2.40. The molecule has 0 aromatic heterocycles. The van der Waals surface area contributed by atoms with E-state index in [1.165, 1.54) is 0 Å². The number of anilines is 1. The van der Waals surface area contributed by atoms with Crippen molar-refractivity contribution in [1.29, 1.82) is 0 Å². The van der Waals surface area contributed by atoms with Crippen LogP contribution >= 0.6 is 0 Å². The third kappa shape index (κ3) is 4.91. The Labute approximate surface area is 187 Å². The summed E-state index contributed by atoms with van der Waals surface area (Å²) in [5.41, 5.74) is 2.71. The van der Waals surface area contributed by atoms with Crippen molar-refractivity contribution in [1.82, 2.24) is 15.5 Å². The highest BCUT2D eigenvalue weighted by atomic mass is 16.5. The number of morpholine rings is 1. The van der Waals surface area contributed by atoms with Gasteiger partial charge in [0.1, 0.15) is 0 Å². The third-order valence-electron chi connectivity index (χ3n) is 5.64. The van der Waals surface area contributed by atoms with Crippen molar-refractivity contribution >= 4 is 23.5 Å². The Kier molecular flexibility index (Phi) is 6.41. The van der Waals surface area contributed by atoms with Gasteiger partial charge in [0.25, 0.3) is 11.8 Å². The molecule has 8 nitrogen and oxygen atoms in total. The van der Waals surface area contributed by atoms with E-state index in [1.54, 1.807) is 35.2 Å². The van der Waals surface area contributed by atoms with Gasteiger partial charge in [-0.05, 0) is 49.7 Å². The monoisotopic (exact) mass is 436 g/mol. The molecule has 0 spiro atoms. The van der Waals surface area contributed by atoms with E-state index >= 15 is 0 Å². The van der Waals surface area contributed by atoms with Crippen LogP contribution in [0.25, 0.3) is 0 Å². The number of hydrogen-bond acceptors (Lipinski definition) is 4. The molecule has 2 aliphatic rings. The molecule has 2 unspecified atom stereocenters. The summed E-state index contributed by atoms with van der Waals surface area (Å²) in [6.45, 7) is 6.62. The number of nitrogens with zero attached hydrogens (tertiary/aromatic N) is 2. The number of amides is 4. The largest absolute Gasteiger partial charge is 0.372 e. The van der Waals surface area contributed by atoms with Crippen molar-refractivity contribution in [3.8, 4) is 0 Å². The number of rotatable bonds is 5. The highest BCUT2D eigenvalue weighted by molar-refractivity contribution is 5.98. The van der Waals surface area contributed by atoms with Crippen molar-refractivity contribution in [2.24, 2.45) is 0 Å². The molecule has 2 aliphatic heterocycles. The van der Waals surface area contributed by atoms with Crippen molar-refractivity contribution in [2.75, 3.05) is 31.1 Å². The Hall–Kier alpha value is -3.39. The summed E-state index contributed by atoms with van der Waals surface area (Å²) in [5.74, 6) is -0.228. The Morgan fingerprint density at radius 3 is 2.44 bits per heavy atom. The molecule has 2 heterocycles. The summed E-state index contributed by atoms with van der Waals surface area (Å²) >= 11 is 0. The fraction of sp³-hybridized carbons (Fsp3) is 0.375. The fourth-order valence-electron chi connectivity index (χ4n) is 4.11. The summed E-state index contributed by atoms with van der Waals surface area (Å²) in [4.78, 5) is 40.7. The molecule has 2 saturated heterocycles. The van der Waals surface area contributed by atoms with Gasteiger partial charge in [-0.1, -0.05) is 18.2 Å². The Bertz CT molecular complexity index is 997. The van der Waals surface area contributed by atoms with E-state index in [9.17, 15) is 14.4 Å². The molecule has 2 aromatic rings. The Morgan fingerprint density at radius 2 is 1.78 bits per heavy atom. The number of carbonyl (C=O) groups excluding carboxylic acids is 3. The summed E-state index contributed by atoms with van der Waals surface area (Å²) in [5, 5.41) is 5.65. The molecule has 168 valence electrons. The van der Waals surface area contributed by atoms with Crippen LogP contribution in [0.3, 0.4) is 0 Å². The molecule has 0 aliphatic carbocycles. The van der Waals surface area contributed by atoms with Crippen LogP contribution in [-0.2, 0) is 11.3 Å². The van der Waals surface area contributed by atoms with Gasteiger partial charge in [-0.25, -0.2) is 4.79 Å². The number of nitrogens with one attached hydrogen (secondary N) is 2. The summed E-state index contributed by atoms with van der Waals surface area (Å²) in [7, 11) is 0. The second-order valence-corrected chi connectivity index (χ2v) is 8.28. The van der Waals surface area contributed by atoms with Crippen LogP contribution in [0.2, 0.25) is 0 Å². The van der Waals surface area contributed by atoms with E-state index in [1.807, 2.05) is 36.9 Å². The lowest BCUT2D eigenvalue weighted by molar-refractivity contribution is -0.0586. The number of hydrogen-bond donors (Lipinski definition) is 2. The summed E-state index contributed by atoms with van der Waals surface area (Å²) in [6.07, 6.45) is 0.0473. The molecule has 0 saturated carbocycles. The zero-order valence-electron chi connectivity index (χ0n) is 18.3. The lowest BCUT2D eigenvalue weighted by atomic mass is 10.1. The van der Waals surface area contributed by atoms with E-state index in [-0.39, 0.29) is 30.1 Å². The standard InChI is InChI=1S/C24H28N4O4/c1-16-14-27(15-17(2)32-16)23(30)19-8-6-18(7-9-19)13-26-22(29)20-4-3-5-21(12-20)28-11-10-25-24(28)31/h3-9,12,16-17H,10-11,13-15H2,1-2H3,(H,25,31)(H,26,29). The Morgan fingerprint density at radius 1 is 1.06 bits per heavy atom. The average Bonchev–Trinajstić information content (AvgIpc) is 3.22. The first-order valence-electron chi connectivity index (χ1n) is 10.9. The number of ether oxygens (including phenoxy) is 1. The summed E-state index contributed by atoms with van der Waals surface area (Å²) in [6, 6.07) is 14.2. The molecule has 8 heteroatoms. The Balaban J connectivity index is 1.35. The fourth-order valence-corrected chi connectivity index (χ4v) is 4.11. The number of carbonyl (C=O) groups is 3. The number of benzene rings is 2. The van der Waals surface area contributed by atoms with Gasteiger partial charge in [-0.3, -0.25) is 14.5 Å². The second-order valence-electron chi connectivity index (χ2n) is 8.28. The first kappa shape index (κ1) is 21.8. The maximum absolute atomic E-state index is 12.8. The maximum atomic E-state index is 12.8. The minimum atomic E-state index is -0.220. The van der Waals surface area contributed by atoms with E-state index in [0.29, 0.717) is 49.5 Å². The highest BCUT2D eigenvalue weighted by Crippen LogP contribution is 2.19. The third-order valence-corrected chi connectivity index (χ3v) is 5.64. The maximum Gasteiger partial charge on any atom is 0.321 e. The minimum absolute atomic E-state index is 0.00894. The molecule has 32 heavy (non-hydrogen) atoms. The van der Waals surface area contributed by atoms with Crippen LogP contribution in [0.5, 0.6) is 0 Å². The van der Waals surface area contributed by atoms with E-state index in [4.69, 9.17) is 4.74 Å². The highest BCUT2D eigenvalue weighted by Gasteiger charge is 2.26. The molecule has 4 amide bonds. The van der Waals surface area contributed by atoms with E-state index in [2.05, 4.69) is 10.6 Å². The molecular formula is C24H28N4O4. The van der Waals surface area contributed by atoms with Crippen molar-refractivity contribution in [2.45, 2.75) is 32.6 Å². The molecule has 0 bridgehead atoms. The predicted molar refractivity (Wildman–Crippen MR) is 121 cm³/mol. The molecule has 0 radical (unpaired) electrons. The van der Waals surface area contributed by atoms with Gasteiger partial charge in [0.05, 0.1) is 12.2 Å². The smallest absolute Gasteiger partial charge is 0.321 e. The second kappa shape index (κ2) is 9.40. The zero-order chi connectivity index (χ0) is 22.7. The van der Waals surface area contributed by atoms with Crippen LogP contribution < -0.4 is 15.5 Å². The van der Waals surface area contributed by atoms with Crippen molar-refractivity contribution < 1.29 is 19.1 Å². The quantitative estimate of drug-likeness (QED) is 0.753. The van der Waals surface area contributed by atoms with Gasteiger partial charge >= 0.3 is 6.03 Å². The van der Waals surface area contributed by atoms with Crippen LogP contribution in [-0.4, -0.2) is 61.1 Å². The van der Waals surface area contributed by atoms with Crippen LogP contribution in [0.15, 0.2) is 48.5 Å². The topological polar surface area (TPSA) is 91.0 Å². The number of urea groups is 1. The van der Waals surface area contributed by atoms with Gasteiger partial charge in [0.2, 0.25) is 0 Å². The molecule has 2 aromatic carbocycles. The SMILES string of the molecule is CC1CN(C(=O)c2ccc(CNC(=O)c3cccc(N4CCNC4=O)c3)cc2)CC(C)O1. The van der Waals surface area contributed by atoms with E-state index < -0.39 is 0 Å². The molecule has 2 fully saturated rings. The lowest BCUT2D eigenvalue weighted by Gasteiger charge is -2.35. The van der Waals surface area contributed by atoms with Crippen LogP contribution in [0.4, 0.5) is 10.5 Å². The molecular weight excluding hydrogens is 408 g/mol. The first-order valence-corrected chi connectivity index (χ1v) is 10.9. The van der Waals surface area contributed by atoms with Gasteiger partial charge in [0, 0.05) is 49.5 Å². The lowest BCUT2D eigenvalue weighted by Crippen LogP contribution is -2.48. The first-order chi connectivity index (χ1) is 15.4. The molecule has 2 atom stereocenters. The van der Waals surface area contributed by atoms with E-state index in [0.717, 1.165) is 5.56 Å². The van der Waals surface area contributed by atoms with Crippen molar-refractivity contribution in [3.05, 3.63) is 65.2 Å². The normalized spacial score (nSPS) is 20.8. The molecule has 2 N–H and O–H groups in total. The van der Waals surface area contributed by atoms with Gasteiger partial charge in [-0.15, -0.1) is 0 Å². The van der Waals surface area contributed by atoms with Crippen molar-refractivity contribution in [3.63, 3.8) is 0 Å².